The third-order valence-corrected chi connectivity index (χ3v) is 6.57. The molecule has 7 nitrogen and oxygen atoms in total. The zero-order valence-corrected chi connectivity index (χ0v) is 19.4. The molecule has 0 saturated heterocycles. The molecule has 4 aromatic rings. The smallest absolute Gasteiger partial charge is 0.293 e. The monoisotopic (exact) mass is 453 g/mol. The Morgan fingerprint density at radius 3 is 2.97 bits per heavy atom. The number of allylic oxidation sites excluding steroid dienone is 1. The molecular weight excluding hydrogens is 426 g/mol. The number of aromatic amines is 1. The predicted molar refractivity (Wildman–Crippen MR) is 131 cm³/mol. The van der Waals surface area contributed by atoms with Crippen molar-refractivity contribution in [2.24, 2.45) is 0 Å². The summed E-state index contributed by atoms with van der Waals surface area (Å²) in [6.45, 7) is 5.29. The van der Waals surface area contributed by atoms with Crippen LogP contribution in [0.1, 0.15) is 53.7 Å². The van der Waals surface area contributed by atoms with Crippen LogP contribution < -0.4 is 5.32 Å². The summed E-state index contributed by atoms with van der Waals surface area (Å²) in [6, 6.07) is 15.7. The summed E-state index contributed by atoms with van der Waals surface area (Å²) in [7, 11) is 0. The van der Waals surface area contributed by atoms with E-state index in [1.54, 1.807) is 23.1 Å². The standard InChI is InChI=1S/C27H27N5O2/c1-3-32(27(33)26-30-22-12-11-18(15-28)13-23(22)31-26)20-8-6-7-19(14-20)29-16-25-17(2)21-9-4-5-10-24(21)34-25/h4-5,8-13,19,29H,3,6-7,14,16H2,1-2H3,(H,30,31)/t19-/m1/s1. The minimum Gasteiger partial charge on any atom is -0.459 e. The third kappa shape index (κ3) is 4.09. The number of rotatable bonds is 6. The number of hydrogen-bond acceptors (Lipinski definition) is 5. The molecule has 0 fully saturated rings. The number of nitrogens with one attached hydrogen (secondary N) is 2. The zero-order valence-electron chi connectivity index (χ0n) is 19.4. The Labute approximate surface area is 198 Å². The number of amides is 1. The first kappa shape index (κ1) is 21.9. The Kier molecular flexibility index (Phi) is 5.91. The van der Waals surface area contributed by atoms with Gasteiger partial charge in [-0.3, -0.25) is 4.79 Å². The van der Waals surface area contributed by atoms with Crippen molar-refractivity contribution in [3.63, 3.8) is 0 Å². The predicted octanol–water partition coefficient (Wildman–Crippen LogP) is 5.18. The average Bonchev–Trinajstić information content (AvgIpc) is 3.44. The van der Waals surface area contributed by atoms with E-state index in [1.807, 2.05) is 25.1 Å². The van der Waals surface area contributed by atoms with E-state index in [4.69, 9.17) is 9.68 Å². The minimum absolute atomic E-state index is 0.155. The second-order valence-corrected chi connectivity index (χ2v) is 8.68. The minimum atomic E-state index is -0.155. The Morgan fingerprint density at radius 1 is 1.32 bits per heavy atom. The van der Waals surface area contributed by atoms with Crippen LogP contribution in [0.3, 0.4) is 0 Å². The highest BCUT2D eigenvalue weighted by Crippen LogP contribution is 2.27. The van der Waals surface area contributed by atoms with E-state index in [9.17, 15) is 4.79 Å². The maximum atomic E-state index is 13.3. The molecule has 2 aromatic carbocycles. The third-order valence-electron chi connectivity index (χ3n) is 6.57. The van der Waals surface area contributed by atoms with Gasteiger partial charge in [0.05, 0.1) is 29.2 Å². The van der Waals surface area contributed by atoms with Crippen molar-refractivity contribution in [3.8, 4) is 6.07 Å². The molecule has 2 aromatic heterocycles. The van der Waals surface area contributed by atoms with E-state index >= 15 is 0 Å². The first-order chi connectivity index (χ1) is 16.6. The number of benzene rings is 2. The molecular formula is C27H27N5O2. The van der Waals surface area contributed by atoms with Crippen LogP contribution in [0, 0.1) is 18.3 Å². The van der Waals surface area contributed by atoms with Crippen LogP contribution >= 0.6 is 0 Å². The van der Waals surface area contributed by atoms with Crippen molar-refractivity contribution in [1.29, 1.82) is 5.26 Å². The van der Waals surface area contributed by atoms with E-state index in [0.717, 1.165) is 47.2 Å². The lowest BCUT2D eigenvalue weighted by Gasteiger charge is -2.30. The number of carbonyl (C=O) groups excluding carboxylic acids is 1. The Balaban J connectivity index is 1.29. The molecule has 1 atom stereocenters. The number of furan rings is 1. The van der Waals surface area contributed by atoms with Crippen molar-refractivity contribution < 1.29 is 9.21 Å². The molecule has 0 bridgehead atoms. The summed E-state index contributed by atoms with van der Waals surface area (Å²) in [5, 5.41) is 13.9. The number of H-pyrrole nitrogens is 1. The molecule has 34 heavy (non-hydrogen) atoms. The summed E-state index contributed by atoms with van der Waals surface area (Å²) >= 11 is 0. The largest absolute Gasteiger partial charge is 0.459 e. The van der Waals surface area contributed by atoms with Crippen molar-refractivity contribution in [3.05, 3.63) is 76.9 Å². The van der Waals surface area contributed by atoms with Gasteiger partial charge in [-0.05, 0) is 56.5 Å². The van der Waals surface area contributed by atoms with Gasteiger partial charge in [0.2, 0.25) is 0 Å². The second-order valence-electron chi connectivity index (χ2n) is 8.68. The van der Waals surface area contributed by atoms with Gasteiger partial charge in [-0.25, -0.2) is 4.98 Å². The van der Waals surface area contributed by atoms with E-state index in [1.165, 1.54) is 5.56 Å². The first-order valence-electron chi connectivity index (χ1n) is 11.7. The topological polar surface area (TPSA) is 98.0 Å². The van der Waals surface area contributed by atoms with E-state index in [0.29, 0.717) is 30.0 Å². The number of aromatic nitrogens is 2. The quantitative estimate of drug-likeness (QED) is 0.419. The summed E-state index contributed by atoms with van der Waals surface area (Å²) in [6.07, 6.45) is 4.83. The number of nitriles is 1. The van der Waals surface area contributed by atoms with Gasteiger partial charge in [-0.2, -0.15) is 5.26 Å². The molecule has 5 rings (SSSR count). The van der Waals surface area contributed by atoms with Crippen molar-refractivity contribution in [1.82, 2.24) is 20.2 Å². The number of nitrogens with zero attached hydrogens (tertiary/aromatic N) is 3. The Hall–Kier alpha value is -3.89. The highest BCUT2D eigenvalue weighted by Gasteiger charge is 2.26. The van der Waals surface area contributed by atoms with Gasteiger partial charge < -0.3 is 19.6 Å². The fourth-order valence-corrected chi connectivity index (χ4v) is 4.70. The number of hydrogen-bond donors (Lipinski definition) is 2. The van der Waals surface area contributed by atoms with E-state index < -0.39 is 0 Å². The van der Waals surface area contributed by atoms with Crippen LogP contribution in [0.25, 0.3) is 22.0 Å². The molecule has 172 valence electrons. The fraction of sp³-hybridized carbons (Fsp3) is 0.296. The molecule has 0 radical (unpaired) electrons. The van der Waals surface area contributed by atoms with Gasteiger partial charge in [0.1, 0.15) is 11.3 Å². The molecule has 7 heteroatoms. The van der Waals surface area contributed by atoms with Crippen molar-refractivity contribution in [2.75, 3.05) is 6.54 Å². The van der Waals surface area contributed by atoms with E-state index in [2.05, 4.69) is 40.4 Å². The highest BCUT2D eigenvalue weighted by molar-refractivity contribution is 5.95. The SMILES string of the molecule is CCN(C(=O)c1nc2cc(C#N)ccc2[nH]1)C1=CCC[C@@H](NCc2oc3ccccc3c2C)C1. The van der Waals surface area contributed by atoms with Gasteiger partial charge in [-0.1, -0.05) is 24.3 Å². The first-order valence-corrected chi connectivity index (χ1v) is 11.7. The lowest BCUT2D eigenvalue weighted by Crippen LogP contribution is -2.37. The number of fused-ring (bicyclic) bond motifs is 2. The van der Waals surface area contributed by atoms with Gasteiger partial charge in [0.25, 0.3) is 5.91 Å². The van der Waals surface area contributed by atoms with Crippen LogP contribution in [0.4, 0.5) is 0 Å². The second kappa shape index (κ2) is 9.16. The maximum absolute atomic E-state index is 13.3. The summed E-state index contributed by atoms with van der Waals surface area (Å²) in [4.78, 5) is 22.7. The lowest BCUT2D eigenvalue weighted by atomic mass is 9.97. The van der Waals surface area contributed by atoms with Gasteiger partial charge in [0.15, 0.2) is 5.82 Å². The van der Waals surface area contributed by atoms with Crippen LogP contribution in [-0.4, -0.2) is 33.4 Å². The molecule has 2 N–H and O–H groups in total. The summed E-state index contributed by atoms with van der Waals surface area (Å²) in [5.74, 6) is 1.10. The number of carbonyl (C=O) groups is 1. The highest BCUT2D eigenvalue weighted by atomic mass is 16.3. The molecule has 1 amide bonds. The van der Waals surface area contributed by atoms with Gasteiger partial charge >= 0.3 is 0 Å². The van der Waals surface area contributed by atoms with Crippen molar-refractivity contribution >= 4 is 27.9 Å². The molecule has 0 unspecified atom stereocenters. The average molecular weight is 454 g/mol. The van der Waals surface area contributed by atoms with E-state index in [-0.39, 0.29) is 11.9 Å². The Morgan fingerprint density at radius 2 is 2.18 bits per heavy atom. The molecule has 0 spiro atoms. The zero-order chi connectivity index (χ0) is 23.7. The lowest BCUT2D eigenvalue weighted by molar-refractivity contribution is 0.0792. The van der Waals surface area contributed by atoms with Gasteiger partial charge in [-0.15, -0.1) is 0 Å². The molecule has 2 heterocycles. The molecule has 0 aliphatic heterocycles. The van der Waals surface area contributed by atoms with Crippen LogP contribution in [0.5, 0.6) is 0 Å². The normalized spacial score (nSPS) is 15.9. The number of para-hydroxylation sites is 1. The Bertz CT molecular complexity index is 1440. The van der Waals surface area contributed by atoms with Crippen molar-refractivity contribution in [2.45, 2.75) is 45.7 Å². The summed E-state index contributed by atoms with van der Waals surface area (Å²) in [5.41, 5.74) is 4.99. The van der Waals surface area contributed by atoms with Crippen LogP contribution in [0.2, 0.25) is 0 Å². The summed E-state index contributed by atoms with van der Waals surface area (Å²) < 4.78 is 6.05. The maximum Gasteiger partial charge on any atom is 0.293 e. The number of imidazole rings is 1. The van der Waals surface area contributed by atoms with Gasteiger partial charge in [0, 0.05) is 30.1 Å². The molecule has 0 saturated carbocycles. The number of aryl methyl sites for hydroxylation is 1. The van der Waals surface area contributed by atoms with Crippen LogP contribution in [0.15, 0.2) is 58.7 Å². The van der Waals surface area contributed by atoms with Crippen LogP contribution in [-0.2, 0) is 6.54 Å². The fourth-order valence-electron chi connectivity index (χ4n) is 4.70. The molecule has 1 aliphatic carbocycles. The molecule has 1 aliphatic rings.